The fraction of sp³-hybridized carbons (Fsp3) is 0.500. The Balaban J connectivity index is 2.55. The number of hydrogen-bond donors (Lipinski definition) is 0. The van der Waals surface area contributed by atoms with E-state index in [9.17, 15) is 13.2 Å². The molecule has 1 rings (SSSR count). The van der Waals surface area contributed by atoms with Gasteiger partial charge in [-0.3, -0.25) is 0 Å². The molecule has 1 unspecified atom stereocenters. The van der Waals surface area contributed by atoms with Gasteiger partial charge < -0.3 is 4.74 Å². The molecular weight excluding hydrogens is 217 g/mol. The summed E-state index contributed by atoms with van der Waals surface area (Å²) in [5.41, 5.74) is 0.305. The average Bonchev–Trinajstić information content (AvgIpc) is 2.25. The van der Waals surface area contributed by atoms with Crippen LogP contribution in [0.1, 0.15) is 25.8 Å². The van der Waals surface area contributed by atoms with E-state index in [-0.39, 0.29) is 6.61 Å². The predicted molar refractivity (Wildman–Crippen MR) is 55.4 cm³/mol. The molecule has 1 nitrogen and oxygen atoms in total. The quantitative estimate of drug-likeness (QED) is 0.704. The molecule has 0 aromatic heterocycles. The molecule has 0 amide bonds. The molecule has 0 aliphatic heterocycles. The minimum atomic E-state index is -1.44. The van der Waals surface area contributed by atoms with Crippen molar-refractivity contribution in [3.05, 3.63) is 35.1 Å². The Kier molecular flexibility index (Phi) is 4.80. The van der Waals surface area contributed by atoms with E-state index in [2.05, 4.69) is 0 Å². The van der Waals surface area contributed by atoms with Crippen molar-refractivity contribution in [2.75, 3.05) is 6.61 Å². The average molecular weight is 232 g/mol. The van der Waals surface area contributed by atoms with Gasteiger partial charge in [0.25, 0.3) is 0 Å². The summed E-state index contributed by atoms with van der Waals surface area (Å²) in [6.45, 7) is 4.67. The standard InChI is InChI=1S/C12H15F3O/c1-3-8(2)6-16-7-9-4-10(13)12(15)11(14)5-9/h4-5,8H,3,6-7H2,1-2H3. The van der Waals surface area contributed by atoms with E-state index in [1.54, 1.807) is 0 Å². The van der Waals surface area contributed by atoms with Crippen LogP contribution in [-0.2, 0) is 11.3 Å². The van der Waals surface area contributed by atoms with Crippen LogP contribution in [0.4, 0.5) is 13.2 Å². The molecule has 90 valence electrons. The third-order valence-corrected chi connectivity index (χ3v) is 2.41. The molecule has 16 heavy (non-hydrogen) atoms. The predicted octanol–water partition coefficient (Wildman–Crippen LogP) is 3.67. The van der Waals surface area contributed by atoms with Gasteiger partial charge in [0.2, 0.25) is 0 Å². The zero-order valence-corrected chi connectivity index (χ0v) is 9.40. The first-order valence-electron chi connectivity index (χ1n) is 5.25. The third kappa shape index (κ3) is 3.52. The van der Waals surface area contributed by atoms with Gasteiger partial charge in [-0.05, 0) is 23.6 Å². The van der Waals surface area contributed by atoms with Crippen molar-refractivity contribution in [2.45, 2.75) is 26.9 Å². The van der Waals surface area contributed by atoms with Gasteiger partial charge in [0.15, 0.2) is 17.5 Å². The van der Waals surface area contributed by atoms with Crippen LogP contribution < -0.4 is 0 Å². The lowest BCUT2D eigenvalue weighted by atomic mass is 10.1. The largest absolute Gasteiger partial charge is 0.376 e. The first kappa shape index (κ1) is 13.0. The molecular formula is C12H15F3O. The monoisotopic (exact) mass is 232 g/mol. The fourth-order valence-electron chi connectivity index (χ4n) is 1.19. The lowest BCUT2D eigenvalue weighted by molar-refractivity contribution is 0.0906. The number of hydrogen-bond acceptors (Lipinski definition) is 1. The summed E-state index contributed by atoms with van der Waals surface area (Å²) in [6, 6.07) is 1.91. The van der Waals surface area contributed by atoms with Gasteiger partial charge in [0.1, 0.15) is 0 Å². The van der Waals surface area contributed by atoms with E-state index in [1.807, 2.05) is 13.8 Å². The molecule has 0 radical (unpaired) electrons. The summed E-state index contributed by atoms with van der Waals surface area (Å²) in [4.78, 5) is 0. The number of rotatable bonds is 5. The highest BCUT2D eigenvalue weighted by atomic mass is 19.2. The van der Waals surface area contributed by atoms with Gasteiger partial charge >= 0.3 is 0 Å². The lowest BCUT2D eigenvalue weighted by Gasteiger charge is -2.09. The summed E-state index contributed by atoms with van der Waals surface area (Å²) in [5, 5.41) is 0. The number of ether oxygens (including phenoxy) is 1. The molecule has 0 aliphatic rings. The smallest absolute Gasteiger partial charge is 0.194 e. The van der Waals surface area contributed by atoms with E-state index in [4.69, 9.17) is 4.74 Å². The highest BCUT2D eigenvalue weighted by molar-refractivity contribution is 5.18. The molecule has 0 fully saturated rings. The maximum Gasteiger partial charge on any atom is 0.194 e. The first-order valence-corrected chi connectivity index (χ1v) is 5.25. The summed E-state index contributed by atoms with van der Waals surface area (Å²) >= 11 is 0. The van der Waals surface area contributed by atoms with Crippen molar-refractivity contribution >= 4 is 0 Å². The molecule has 0 saturated heterocycles. The summed E-state index contributed by atoms with van der Waals surface area (Å²) in [6.07, 6.45) is 0.978. The van der Waals surface area contributed by atoms with Gasteiger partial charge in [0, 0.05) is 6.61 Å². The Morgan fingerprint density at radius 1 is 1.19 bits per heavy atom. The van der Waals surface area contributed by atoms with Crippen molar-refractivity contribution in [3.8, 4) is 0 Å². The normalized spacial score (nSPS) is 12.8. The maximum atomic E-state index is 12.8. The Morgan fingerprint density at radius 2 is 1.75 bits per heavy atom. The van der Waals surface area contributed by atoms with Gasteiger partial charge in [-0.1, -0.05) is 20.3 Å². The van der Waals surface area contributed by atoms with E-state index in [0.717, 1.165) is 18.6 Å². The second-order valence-corrected chi connectivity index (χ2v) is 3.90. The van der Waals surface area contributed by atoms with E-state index >= 15 is 0 Å². The minimum absolute atomic E-state index is 0.0957. The molecule has 0 heterocycles. The molecule has 0 saturated carbocycles. The van der Waals surface area contributed by atoms with Crippen LogP contribution in [0.15, 0.2) is 12.1 Å². The fourth-order valence-corrected chi connectivity index (χ4v) is 1.19. The van der Waals surface area contributed by atoms with Crippen molar-refractivity contribution in [1.82, 2.24) is 0 Å². The molecule has 0 N–H and O–H groups in total. The highest BCUT2D eigenvalue weighted by Gasteiger charge is 2.10. The Bertz CT molecular complexity index is 329. The second kappa shape index (κ2) is 5.89. The van der Waals surface area contributed by atoms with Crippen LogP contribution in [0, 0.1) is 23.4 Å². The summed E-state index contributed by atoms with van der Waals surface area (Å²) in [5.74, 6) is -3.40. The van der Waals surface area contributed by atoms with E-state index < -0.39 is 17.5 Å². The molecule has 1 aromatic rings. The highest BCUT2D eigenvalue weighted by Crippen LogP contribution is 2.14. The molecule has 0 spiro atoms. The topological polar surface area (TPSA) is 9.23 Å². The molecule has 0 aliphatic carbocycles. The molecule has 4 heteroatoms. The minimum Gasteiger partial charge on any atom is -0.376 e. The molecule has 0 bridgehead atoms. The van der Waals surface area contributed by atoms with Crippen molar-refractivity contribution < 1.29 is 17.9 Å². The lowest BCUT2D eigenvalue weighted by Crippen LogP contribution is -2.05. The van der Waals surface area contributed by atoms with Crippen LogP contribution in [-0.4, -0.2) is 6.61 Å². The Hall–Kier alpha value is -1.03. The SMILES string of the molecule is CCC(C)COCc1cc(F)c(F)c(F)c1. The third-order valence-electron chi connectivity index (χ3n) is 2.41. The number of benzene rings is 1. The first-order chi connectivity index (χ1) is 7.54. The zero-order chi connectivity index (χ0) is 12.1. The van der Waals surface area contributed by atoms with Crippen LogP contribution in [0.3, 0.4) is 0 Å². The van der Waals surface area contributed by atoms with E-state index in [1.165, 1.54) is 0 Å². The van der Waals surface area contributed by atoms with Crippen LogP contribution in [0.5, 0.6) is 0 Å². The van der Waals surface area contributed by atoms with Gasteiger partial charge in [-0.15, -0.1) is 0 Å². The van der Waals surface area contributed by atoms with Crippen LogP contribution >= 0.6 is 0 Å². The van der Waals surface area contributed by atoms with Gasteiger partial charge in [-0.2, -0.15) is 0 Å². The molecule has 1 atom stereocenters. The Morgan fingerprint density at radius 3 is 2.25 bits per heavy atom. The maximum absolute atomic E-state index is 12.8. The van der Waals surface area contributed by atoms with Crippen molar-refractivity contribution in [2.24, 2.45) is 5.92 Å². The number of halogens is 3. The van der Waals surface area contributed by atoms with Crippen LogP contribution in [0.25, 0.3) is 0 Å². The Labute approximate surface area is 93.2 Å². The van der Waals surface area contributed by atoms with Crippen LogP contribution in [0.2, 0.25) is 0 Å². The van der Waals surface area contributed by atoms with Crippen molar-refractivity contribution in [1.29, 1.82) is 0 Å². The van der Waals surface area contributed by atoms with Crippen molar-refractivity contribution in [3.63, 3.8) is 0 Å². The molecule has 1 aromatic carbocycles. The summed E-state index contributed by atoms with van der Waals surface area (Å²) in [7, 11) is 0. The zero-order valence-electron chi connectivity index (χ0n) is 9.40. The van der Waals surface area contributed by atoms with Gasteiger partial charge in [-0.25, -0.2) is 13.2 Å². The summed E-state index contributed by atoms with van der Waals surface area (Å²) < 4.78 is 43.5. The van der Waals surface area contributed by atoms with E-state index in [0.29, 0.717) is 18.1 Å². The van der Waals surface area contributed by atoms with Gasteiger partial charge in [0.05, 0.1) is 6.61 Å². The second-order valence-electron chi connectivity index (χ2n) is 3.90.